The first-order valence-corrected chi connectivity index (χ1v) is 8.55. The molecule has 1 aromatic heterocycles. The van der Waals surface area contributed by atoms with Gasteiger partial charge in [0, 0.05) is 32.2 Å². The van der Waals surface area contributed by atoms with Crippen LogP contribution in [0.3, 0.4) is 0 Å². The first-order chi connectivity index (χ1) is 12.1. The minimum Gasteiger partial charge on any atom is -0.393 e. The van der Waals surface area contributed by atoms with Gasteiger partial charge in [0.2, 0.25) is 0 Å². The lowest BCUT2D eigenvalue weighted by Gasteiger charge is -2.30. The highest BCUT2D eigenvalue weighted by Gasteiger charge is 2.18. The predicted octanol–water partition coefficient (Wildman–Crippen LogP) is 2.26. The van der Waals surface area contributed by atoms with Crippen molar-refractivity contribution in [3.63, 3.8) is 0 Å². The fourth-order valence-electron chi connectivity index (χ4n) is 2.96. The lowest BCUT2D eigenvalue weighted by atomic mass is 10.0. The van der Waals surface area contributed by atoms with Crippen LogP contribution in [-0.2, 0) is 13.1 Å². The third kappa shape index (κ3) is 5.04. The van der Waals surface area contributed by atoms with Crippen LogP contribution in [-0.4, -0.2) is 40.4 Å². The molecule has 0 unspecified atom stereocenters. The average molecular weight is 344 g/mol. The Morgan fingerprint density at radius 3 is 2.72 bits per heavy atom. The van der Waals surface area contributed by atoms with Crippen LogP contribution >= 0.6 is 0 Å². The van der Waals surface area contributed by atoms with Crippen molar-refractivity contribution in [1.82, 2.24) is 15.4 Å². The van der Waals surface area contributed by atoms with Gasteiger partial charge in [-0.05, 0) is 30.9 Å². The van der Waals surface area contributed by atoms with Crippen LogP contribution < -0.4 is 10.6 Å². The van der Waals surface area contributed by atoms with Gasteiger partial charge in [0.05, 0.1) is 6.10 Å². The second kappa shape index (κ2) is 8.13. The molecule has 3 N–H and O–H groups in total. The highest BCUT2D eigenvalue weighted by molar-refractivity contribution is 5.88. The van der Waals surface area contributed by atoms with Gasteiger partial charge in [-0.2, -0.15) is 0 Å². The topological polar surface area (TPSA) is 90.6 Å². The van der Waals surface area contributed by atoms with Crippen LogP contribution in [0.5, 0.6) is 0 Å². The number of urea groups is 1. The van der Waals surface area contributed by atoms with E-state index in [0.29, 0.717) is 18.1 Å². The summed E-state index contributed by atoms with van der Waals surface area (Å²) in [5, 5.41) is 18.9. The Bertz CT molecular complexity index is 708. The molecule has 1 aliphatic heterocycles. The number of amides is 2. The van der Waals surface area contributed by atoms with Crippen LogP contribution in [0.1, 0.15) is 29.7 Å². The lowest BCUT2D eigenvalue weighted by molar-refractivity contribution is 0.0791. The van der Waals surface area contributed by atoms with E-state index in [0.717, 1.165) is 38.0 Å². The number of aliphatic hydroxyl groups excluding tert-OH is 1. The second-order valence-corrected chi connectivity index (χ2v) is 6.41. The van der Waals surface area contributed by atoms with Gasteiger partial charge >= 0.3 is 6.03 Å². The summed E-state index contributed by atoms with van der Waals surface area (Å²) in [6.07, 6.45) is 1.47. The highest BCUT2D eigenvalue weighted by atomic mass is 16.5. The molecule has 0 spiro atoms. The SMILES string of the molecule is Cc1cc(NC(=O)NCc2ccccc2CN2CCC(O)CC2)no1. The number of likely N-dealkylation sites (tertiary alicyclic amines) is 1. The third-order valence-electron chi connectivity index (χ3n) is 4.38. The van der Waals surface area contributed by atoms with Gasteiger partial charge in [-0.3, -0.25) is 10.2 Å². The van der Waals surface area contributed by atoms with Crippen molar-refractivity contribution >= 4 is 11.8 Å². The van der Waals surface area contributed by atoms with E-state index in [1.54, 1.807) is 13.0 Å². The minimum atomic E-state index is -0.316. The van der Waals surface area contributed by atoms with Gasteiger partial charge in [0.25, 0.3) is 0 Å². The molecule has 0 radical (unpaired) electrons. The number of carbonyl (C=O) groups excluding carboxylic acids is 1. The van der Waals surface area contributed by atoms with Crippen LogP contribution in [0.15, 0.2) is 34.9 Å². The van der Waals surface area contributed by atoms with E-state index < -0.39 is 0 Å². The third-order valence-corrected chi connectivity index (χ3v) is 4.38. The smallest absolute Gasteiger partial charge is 0.320 e. The molecule has 0 saturated carbocycles. The average Bonchev–Trinajstić information content (AvgIpc) is 3.01. The second-order valence-electron chi connectivity index (χ2n) is 6.41. The number of piperidine rings is 1. The van der Waals surface area contributed by atoms with Crippen molar-refractivity contribution in [3.05, 3.63) is 47.2 Å². The largest absolute Gasteiger partial charge is 0.393 e. The van der Waals surface area contributed by atoms with Crippen LogP contribution in [0.25, 0.3) is 0 Å². The fraction of sp³-hybridized carbons (Fsp3) is 0.444. The molecule has 0 atom stereocenters. The molecule has 7 nitrogen and oxygen atoms in total. The summed E-state index contributed by atoms with van der Waals surface area (Å²) >= 11 is 0. The zero-order valence-corrected chi connectivity index (χ0v) is 14.4. The zero-order valence-electron chi connectivity index (χ0n) is 14.4. The van der Waals surface area contributed by atoms with E-state index >= 15 is 0 Å². The number of hydrogen-bond donors (Lipinski definition) is 3. The number of aryl methyl sites for hydroxylation is 1. The Morgan fingerprint density at radius 2 is 2.04 bits per heavy atom. The highest BCUT2D eigenvalue weighted by Crippen LogP contribution is 2.16. The van der Waals surface area contributed by atoms with Crippen molar-refractivity contribution in [2.45, 2.75) is 39.0 Å². The Labute approximate surface area is 147 Å². The van der Waals surface area contributed by atoms with Gasteiger partial charge in [-0.1, -0.05) is 29.4 Å². The number of nitrogens with zero attached hydrogens (tertiary/aromatic N) is 2. The molecule has 25 heavy (non-hydrogen) atoms. The summed E-state index contributed by atoms with van der Waals surface area (Å²) in [5.74, 6) is 1.04. The van der Waals surface area contributed by atoms with E-state index in [2.05, 4.69) is 26.8 Å². The quantitative estimate of drug-likeness (QED) is 0.774. The number of anilines is 1. The minimum absolute atomic E-state index is 0.169. The number of aliphatic hydroxyl groups is 1. The molecular formula is C18H24N4O3. The predicted molar refractivity (Wildman–Crippen MR) is 94.1 cm³/mol. The summed E-state index contributed by atoms with van der Waals surface area (Å²) in [4.78, 5) is 14.3. The van der Waals surface area contributed by atoms with E-state index in [1.807, 2.05) is 18.2 Å². The van der Waals surface area contributed by atoms with Crippen LogP contribution in [0.4, 0.5) is 10.6 Å². The Kier molecular flexibility index (Phi) is 5.67. The number of rotatable bonds is 5. The van der Waals surface area contributed by atoms with Gasteiger partial charge in [0.1, 0.15) is 5.76 Å². The Morgan fingerprint density at radius 1 is 1.32 bits per heavy atom. The number of nitrogens with one attached hydrogen (secondary N) is 2. The molecule has 3 rings (SSSR count). The normalized spacial score (nSPS) is 15.9. The Balaban J connectivity index is 1.54. The molecule has 1 aromatic carbocycles. The summed E-state index contributed by atoms with van der Waals surface area (Å²) in [6, 6.07) is 9.44. The van der Waals surface area contributed by atoms with Crippen molar-refractivity contribution in [1.29, 1.82) is 0 Å². The molecule has 1 aliphatic rings. The summed E-state index contributed by atoms with van der Waals surface area (Å²) in [7, 11) is 0. The first-order valence-electron chi connectivity index (χ1n) is 8.55. The molecular weight excluding hydrogens is 320 g/mol. The maximum absolute atomic E-state index is 12.0. The number of aromatic nitrogens is 1. The van der Waals surface area contributed by atoms with E-state index in [1.165, 1.54) is 5.56 Å². The molecule has 2 amide bonds. The first kappa shape index (κ1) is 17.4. The Hall–Kier alpha value is -2.38. The van der Waals surface area contributed by atoms with E-state index in [4.69, 9.17) is 4.52 Å². The van der Waals surface area contributed by atoms with E-state index in [9.17, 15) is 9.90 Å². The monoisotopic (exact) mass is 344 g/mol. The van der Waals surface area contributed by atoms with Gasteiger partial charge in [0.15, 0.2) is 5.82 Å². The number of hydrogen-bond acceptors (Lipinski definition) is 5. The van der Waals surface area contributed by atoms with Crippen LogP contribution in [0.2, 0.25) is 0 Å². The molecule has 1 saturated heterocycles. The van der Waals surface area contributed by atoms with E-state index in [-0.39, 0.29) is 12.1 Å². The molecule has 2 heterocycles. The molecule has 0 aliphatic carbocycles. The fourth-order valence-corrected chi connectivity index (χ4v) is 2.96. The van der Waals surface area contributed by atoms with Crippen molar-refractivity contribution < 1.29 is 14.4 Å². The summed E-state index contributed by atoms with van der Waals surface area (Å²) < 4.78 is 4.92. The maximum atomic E-state index is 12.0. The van der Waals surface area contributed by atoms with Crippen LogP contribution in [0, 0.1) is 6.92 Å². The lowest BCUT2D eigenvalue weighted by Crippen LogP contribution is -2.35. The molecule has 2 aromatic rings. The van der Waals surface area contributed by atoms with Crippen molar-refractivity contribution in [2.24, 2.45) is 0 Å². The van der Waals surface area contributed by atoms with Crippen molar-refractivity contribution in [2.75, 3.05) is 18.4 Å². The maximum Gasteiger partial charge on any atom is 0.320 e. The molecule has 1 fully saturated rings. The number of benzene rings is 1. The number of carbonyl (C=O) groups is 1. The molecule has 0 bridgehead atoms. The molecule has 134 valence electrons. The van der Waals surface area contributed by atoms with Gasteiger partial charge in [-0.15, -0.1) is 0 Å². The van der Waals surface area contributed by atoms with Gasteiger partial charge < -0.3 is 14.9 Å². The summed E-state index contributed by atoms with van der Waals surface area (Å²) in [5.41, 5.74) is 2.27. The van der Waals surface area contributed by atoms with Crippen molar-refractivity contribution in [3.8, 4) is 0 Å². The summed E-state index contributed by atoms with van der Waals surface area (Å²) in [6.45, 7) is 4.83. The van der Waals surface area contributed by atoms with Gasteiger partial charge in [-0.25, -0.2) is 4.79 Å². The molecule has 7 heteroatoms. The standard InChI is InChI=1S/C18H24N4O3/c1-13-10-17(21-25-13)20-18(24)19-11-14-4-2-3-5-15(14)12-22-8-6-16(23)7-9-22/h2-5,10,16,23H,6-9,11-12H2,1H3,(H2,19,20,21,24). The zero-order chi connectivity index (χ0) is 17.6.